The Hall–Kier alpha value is -2.29. The Morgan fingerprint density at radius 3 is 2.20 bits per heavy atom. The molecule has 2 rings (SSSR count). The average Bonchev–Trinajstić information content (AvgIpc) is 2.72. The van der Waals surface area contributed by atoms with E-state index in [4.69, 9.17) is 23.2 Å². The fourth-order valence-electron chi connectivity index (χ4n) is 3.47. The normalized spacial score (nSPS) is 12.7. The Morgan fingerprint density at radius 2 is 1.66 bits per heavy atom. The van der Waals surface area contributed by atoms with E-state index < -0.39 is 34.1 Å². The first-order valence-electron chi connectivity index (χ1n) is 11.1. The number of carbonyl (C=O) groups excluding carboxylic acids is 2. The number of hydrogen-bond acceptors (Lipinski definition) is 4. The number of hydrogen-bond donors (Lipinski definition) is 1. The van der Waals surface area contributed by atoms with Crippen LogP contribution in [0.15, 0.2) is 36.4 Å². The van der Waals surface area contributed by atoms with Gasteiger partial charge in [0.15, 0.2) is 0 Å². The average molecular weight is 543 g/mol. The zero-order chi connectivity index (χ0) is 26.7. The van der Waals surface area contributed by atoms with Gasteiger partial charge in [0.1, 0.15) is 12.6 Å². The van der Waals surface area contributed by atoms with E-state index in [-0.39, 0.29) is 12.5 Å². The van der Waals surface area contributed by atoms with Crippen LogP contribution in [0, 0.1) is 13.8 Å². The Bertz CT molecular complexity index is 1210. The molecule has 0 aliphatic carbocycles. The van der Waals surface area contributed by atoms with Crippen molar-refractivity contribution in [1.29, 1.82) is 0 Å². The van der Waals surface area contributed by atoms with Crippen molar-refractivity contribution in [3.05, 3.63) is 63.1 Å². The molecule has 0 aromatic heterocycles. The molecule has 2 aromatic rings. The monoisotopic (exact) mass is 541 g/mol. The van der Waals surface area contributed by atoms with Crippen LogP contribution < -0.4 is 9.62 Å². The van der Waals surface area contributed by atoms with Crippen molar-refractivity contribution in [2.45, 2.75) is 59.7 Å². The zero-order valence-corrected chi connectivity index (χ0v) is 23.5. The van der Waals surface area contributed by atoms with Gasteiger partial charge in [0.25, 0.3) is 0 Å². The number of nitrogens with one attached hydrogen (secondary N) is 1. The van der Waals surface area contributed by atoms with Crippen molar-refractivity contribution in [2.24, 2.45) is 0 Å². The van der Waals surface area contributed by atoms with Crippen molar-refractivity contribution >= 4 is 50.7 Å². The molecule has 1 N–H and O–H groups in total. The van der Waals surface area contributed by atoms with Gasteiger partial charge < -0.3 is 10.2 Å². The van der Waals surface area contributed by atoms with Gasteiger partial charge >= 0.3 is 0 Å². The number of anilines is 1. The summed E-state index contributed by atoms with van der Waals surface area (Å²) in [4.78, 5) is 28.0. The quantitative estimate of drug-likeness (QED) is 0.524. The van der Waals surface area contributed by atoms with E-state index in [1.54, 1.807) is 44.2 Å². The number of carbonyl (C=O) groups is 2. The van der Waals surface area contributed by atoms with E-state index in [2.05, 4.69) is 5.32 Å². The number of amides is 2. The Balaban J connectivity index is 2.47. The summed E-state index contributed by atoms with van der Waals surface area (Å²) in [5.41, 5.74) is 2.13. The van der Waals surface area contributed by atoms with Gasteiger partial charge in [0.2, 0.25) is 21.8 Å². The first-order valence-corrected chi connectivity index (χ1v) is 13.7. The number of halogens is 2. The highest BCUT2D eigenvalue weighted by Crippen LogP contribution is 2.26. The predicted molar refractivity (Wildman–Crippen MR) is 142 cm³/mol. The largest absolute Gasteiger partial charge is 0.350 e. The summed E-state index contributed by atoms with van der Waals surface area (Å²) in [6.45, 7) is 10.3. The molecule has 0 fully saturated rings. The highest BCUT2D eigenvalue weighted by Gasteiger charge is 2.31. The maximum Gasteiger partial charge on any atom is 0.244 e. The van der Waals surface area contributed by atoms with Crippen LogP contribution in [-0.4, -0.2) is 49.5 Å². The minimum Gasteiger partial charge on any atom is -0.350 e. The maximum atomic E-state index is 13.6. The molecule has 0 saturated heterocycles. The van der Waals surface area contributed by atoms with Crippen LogP contribution in [-0.2, 0) is 26.2 Å². The summed E-state index contributed by atoms with van der Waals surface area (Å²) < 4.78 is 26.5. The van der Waals surface area contributed by atoms with Gasteiger partial charge in [-0.1, -0.05) is 41.4 Å². The van der Waals surface area contributed by atoms with E-state index in [9.17, 15) is 18.0 Å². The van der Waals surface area contributed by atoms with E-state index in [1.807, 2.05) is 33.8 Å². The second-order valence-electron chi connectivity index (χ2n) is 9.74. The topological polar surface area (TPSA) is 86.8 Å². The number of aryl methyl sites for hydroxylation is 2. The standard InChI is InChI=1S/C25H33Cl2N3O4S/c1-16-8-9-17(2)22(12-16)30(35(7,33)34)15-23(31)29(18(3)24(32)28-25(4,5)6)14-19-10-11-20(26)21(27)13-19/h8-13,18H,14-15H2,1-7H3,(H,28,32)/t18-/m1/s1. The van der Waals surface area contributed by atoms with Crippen LogP contribution in [0.3, 0.4) is 0 Å². The first-order chi connectivity index (χ1) is 16.0. The fourth-order valence-corrected chi connectivity index (χ4v) is 4.69. The fraction of sp³-hybridized carbons (Fsp3) is 0.440. The highest BCUT2D eigenvalue weighted by atomic mass is 35.5. The number of sulfonamides is 1. The zero-order valence-electron chi connectivity index (χ0n) is 21.1. The van der Waals surface area contributed by atoms with Crippen molar-refractivity contribution in [3.63, 3.8) is 0 Å². The molecule has 2 amide bonds. The van der Waals surface area contributed by atoms with Crippen LogP contribution in [0.2, 0.25) is 10.0 Å². The SMILES string of the molecule is Cc1ccc(C)c(N(CC(=O)N(Cc2ccc(Cl)c(Cl)c2)[C@H](C)C(=O)NC(C)(C)C)S(C)(=O)=O)c1. The van der Waals surface area contributed by atoms with Crippen LogP contribution in [0.25, 0.3) is 0 Å². The second-order valence-corrected chi connectivity index (χ2v) is 12.5. The van der Waals surface area contributed by atoms with Crippen molar-refractivity contribution in [1.82, 2.24) is 10.2 Å². The summed E-state index contributed by atoms with van der Waals surface area (Å²) >= 11 is 12.2. The van der Waals surface area contributed by atoms with Gasteiger partial charge in [0, 0.05) is 12.1 Å². The third-order valence-electron chi connectivity index (χ3n) is 5.31. The van der Waals surface area contributed by atoms with E-state index >= 15 is 0 Å². The van der Waals surface area contributed by atoms with Gasteiger partial charge in [-0.3, -0.25) is 13.9 Å². The third kappa shape index (κ3) is 8.12. The van der Waals surface area contributed by atoms with Crippen molar-refractivity contribution < 1.29 is 18.0 Å². The number of benzene rings is 2. The van der Waals surface area contributed by atoms with Crippen LogP contribution in [0.5, 0.6) is 0 Å². The predicted octanol–water partition coefficient (Wildman–Crippen LogP) is 4.71. The lowest BCUT2D eigenvalue weighted by Gasteiger charge is -2.33. The molecule has 0 aliphatic heterocycles. The van der Waals surface area contributed by atoms with Gasteiger partial charge in [0.05, 0.1) is 22.0 Å². The Kier molecular flexibility index (Phi) is 9.25. The lowest BCUT2D eigenvalue weighted by molar-refractivity contribution is -0.140. The van der Waals surface area contributed by atoms with Crippen LogP contribution in [0.1, 0.15) is 44.4 Å². The molecule has 0 saturated carbocycles. The first kappa shape index (κ1) is 28.9. The molecule has 0 spiro atoms. The molecule has 35 heavy (non-hydrogen) atoms. The van der Waals surface area contributed by atoms with Crippen molar-refractivity contribution in [3.8, 4) is 0 Å². The molecule has 7 nitrogen and oxygen atoms in total. The number of rotatable bonds is 8. The lowest BCUT2D eigenvalue weighted by atomic mass is 10.1. The molecule has 1 atom stereocenters. The summed E-state index contributed by atoms with van der Waals surface area (Å²) in [6, 6.07) is 9.47. The summed E-state index contributed by atoms with van der Waals surface area (Å²) in [5, 5.41) is 3.56. The number of nitrogens with zero attached hydrogens (tertiary/aromatic N) is 2. The minimum absolute atomic E-state index is 0.0405. The summed E-state index contributed by atoms with van der Waals surface area (Å²) in [5.74, 6) is -0.887. The van der Waals surface area contributed by atoms with Crippen LogP contribution >= 0.6 is 23.2 Å². The van der Waals surface area contributed by atoms with Crippen molar-refractivity contribution in [2.75, 3.05) is 17.1 Å². The highest BCUT2D eigenvalue weighted by molar-refractivity contribution is 7.92. The van der Waals surface area contributed by atoms with Gasteiger partial charge in [-0.15, -0.1) is 0 Å². The minimum atomic E-state index is -3.80. The Morgan fingerprint density at radius 1 is 1.03 bits per heavy atom. The molecule has 0 aliphatic rings. The molecule has 2 aromatic carbocycles. The van der Waals surface area contributed by atoms with Crippen LogP contribution in [0.4, 0.5) is 5.69 Å². The smallest absolute Gasteiger partial charge is 0.244 e. The van der Waals surface area contributed by atoms with E-state index in [0.29, 0.717) is 26.9 Å². The lowest BCUT2D eigenvalue weighted by Crippen LogP contribution is -2.54. The van der Waals surface area contributed by atoms with E-state index in [1.165, 1.54) is 4.90 Å². The molecule has 0 radical (unpaired) electrons. The molecule has 0 heterocycles. The third-order valence-corrected chi connectivity index (χ3v) is 7.18. The van der Waals surface area contributed by atoms with E-state index in [0.717, 1.165) is 16.1 Å². The van der Waals surface area contributed by atoms with Gasteiger partial charge in [-0.05, 0) is 76.4 Å². The second kappa shape index (κ2) is 11.2. The van der Waals surface area contributed by atoms with Gasteiger partial charge in [-0.2, -0.15) is 0 Å². The molecule has 192 valence electrons. The molecule has 10 heteroatoms. The molecular weight excluding hydrogens is 509 g/mol. The van der Waals surface area contributed by atoms with Gasteiger partial charge in [-0.25, -0.2) is 8.42 Å². The molecule has 0 unspecified atom stereocenters. The Labute approximate surface area is 218 Å². The molecular formula is C25H33Cl2N3O4S. The summed E-state index contributed by atoms with van der Waals surface area (Å²) in [7, 11) is -3.80. The summed E-state index contributed by atoms with van der Waals surface area (Å²) in [6.07, 6.45) is 1.06. The maximum absolute atomic E-state index is 13.6. The molecule has 0 bridgehead atoms.